The molecule has 0 aromatic carbocycles. The van der Waals surface area contributed by atoms with Crippen LogP contribution in [0, 0.1) is 0 Å². The lowest BCUT2D eigenvalue weighted by Crippen LogP contribution is -2.10. The first-order valence-electron chi connectivity index (χ1n) is 9.99. The van der Waals surface area contributed by atoms with Gasteiger partial charge in [-0.2, -0.15) is 0 Å². The fourth-order valence-electron chi connectivity index (χ4n) is 2.35. The van der Waals surface area contributed by atoms with Crippen LogP contribution in [0.15, 0.2) is 54.1 Å². The summed E-state index contributed by atoms with van der Waals surface area (Å²) in [4.78, 5) is 11.7. The number of anilines is 1. The second kappa shape index (κ2) is 17.4. The van der Waals surface area contributed by atoms with Crippen LogP contribution >= 0.6 is 11.3 Å². The molecular formula is C22H33N3OS. The maximum Gasteiger partial charge on any atom is 0.226 e. The summed E-state index contributed by atoms with van der Waals surface area (Å²) in [6.07, 6.45) is 28.1. The average molecular weight is 388 g/mol. The number of allylic oxidation sites excluding steroid dienone is 8. The van der Waals surface area contributed by atoms with Crippen LogP contribution in [0.2, 0.25) is 0 Å². The van der Waals surface area contributed by atoms with Crippen LogP contribution < -0.4 is 5.32 Å². The van der Waals surface area contributed by atoms with E-state index in [1.54, 1.807) is 5.51 Å². The summed E-state index contributed by atoms with van der Waals surface area (Å²) in [6, 6.07) is 0. The molecule has 0 aliphatic carbocycles. The predicted molar refractivity (Wildman–Crippen MR) is 117 cm³/mol. The monoisotopic (exact) mass is 387 g/mol. The van der Waals surface area contributed by atoms with Crippen molar-refractivity contribution in [3.05, 3.63) is 54.1 Å². The Morgan fingerprint density at radius 3 is 2.07 bits per heavy atom. The van der Waals surface area contributed by atoms with E-state index in [2.05, 4.69) is 71.0 Å². The minimum Gasteiger partial charge on any atom is -0.301 e. The van der Waals surface area contributed by atoms with E-state index >= 15 is 0 Å². The molecule has 148 valence electrons. The Hall–Kier alpha value is -2.01. The molecule has 1 heterocycles. The van der Waals surface area contributed by atoms with E-state index in [0.717, 1.165) is 32.1 Å². The smallest absolute Gasteiger partial charge is 0.226 e. The normalized spacial score (nSPS) is 12.2. The van der Waals surface area contributed by atoms with Gasteiger partial charge in [-0.1, -0.05) is 79.7 Å². The van der Waals surface area contributed by atoms with Crippen LogP contribution in [-0.4, -0.2) is 16.1 Å². The Balaban J connectivity index is 1.92. The zero-order valence-corrected chi connectivity index (χ0v) is 17.3. The molecule has 0 aliphatic rings. The number of nitrogens with one attached hydrogen (secondary N) is 1. The molecule has 0 radical (unpaired) electrons. The summed E-state index contributed by atoms with van der Waals surface area (Å²) in [6.45, 7) is 2.24. The number of hydrogen-bond acceptors (Lipinski definition) is 4. The minimum atomic E-state index is 0.00244. The van der Waals surface area contributed by atoms with Gasteiger partial charge >= 0.3 is 0 Å². The topological polar surface area (TPSA) is 54.9 Å². The van der Waals surface area contributed by atoms with Crippen molar-refractivity contribution in [2.45, 2.75) is 71.1 Å². The molecule has 27 heavy (non-hydrogen) atoms. The van der Waals surface area contributed by atoms with Crippen LogP contribution in [-0.2, 0) is 4.79 Å². The highest BCUT2D eigenvalue weighted by atomic mass is 32.1. The van der Waals surface area contributed by atoms with Gasteiger partial charge in [0.15, 0.2) is 0 Å². The number of nitrogens with zero attached hydrogens (tertiary/aromatic N) is 2. The van der Waals surface area contributed by atoms with Crippen molar-refractivity contribution in [2.24, 2.45) is 0 Å². The Labute approximate surface area is 168 Å². The summed E-state index contributed by atoms with van der Waals surface area (Å²) in [5.74, 6) is 0.00244. The molecule has 0 aliphatic heterocycles. The van der Waals surface area contributed by atoms with E-state index in [-0.39, 0.29) is 5.91 Å². The molecule has 1 aromatic rings. The minimum absolute atomic E-state index is 0.00244. The number of carbonyl (C=O) groups is 1. The van der Waals surface area contributed by atoms with Crippen molar-refractivity contribution < 1.29 is 4.79 Å². The number of aromatic nitrogens is 2. The van der Waals surface area contributed by atoms with E-state index in [1.165, 1.54) is 37.0 Å². The first-order chi connectivity index (χ1) is 13.3. The molecule has 0 fully saturated rings. The Kier molecular flexibility index (Phi) is 14.8. The van der Waals surface area contributed by atoms with E-state index < -0.39 is 0 Å². The first kappa shape index (κ1) is 23.0. The summed E-state index contributed by atoms with van der Waals surface area (Å²) in [5, 5.41) is 10.8. The van der Waals surface area contributed by atoms with Gasteiger partial charge in [0.1, 0.15) is 5.51 Å². The van der Waals surface area contributed by atoms with E-state index in [1.807, 2.05) is 0 Å². The molecule has 0 bridgehead atoms. The van der Waals surface area contributed by atoms with Crippen LogP contribution in [0.5, 0.6) is 0 Å². The summed E-state index contributed by atoms with van der Waals surface area (Å²) >= 11 is 1.33. The zero-order valence-electron chi connectivity index (χ0n) is 16.5. The average Bonchev–Trinajstić information content (AvgIpc) is 3.17. The number of carbonyl (C=O) groups excluding carboxylic acids is 1. The van der Waals surface area contributed by atoms with Crippen molar-refractivity contribution in [2.75, 3.05) is 5.32 Å². The number of hydrogen-bond donors (Lipinski definition) is 1. The van der Waals surface area contributed by atoms with Crippen molar-refractivity contribution in [1.29, 1.82) is 0 Å². The quantitative estimate of drug-likeness (QED) is 0.272. The lowest BCUT2D eigenvalue weighted by atomic mass is 10.2. The maximum absolute atomic E-state index is 11.7. The van der Waals surface area contributed by atoms with Gasteiger partial charge in [0.05, 0.1) is 0 Å². The second-order valence-corrected chi connectivity index (χ2v) is 7.11. The lowest BCUT2D eigenvalue weighted by Gasteiger charge is -1.98. The summed E-state index contributed by atoms with van der Waals surface area (Å²) < 4.78 is 0. The highest BCUT2D eigenvalue weighted by Gasteiger charge is 2.03. The fourth-order valence-corrected chi connectivity index (χ4v) is 2.81. The molecule has 1 rings (SSSR count). The van der Waals surface area contributed by atoms with Gasteiger partial charge in [-0.15, -0.1) is 10.2 Å². The highest BCUT2D eigenvalue weighted by Crippen LogP contribution is 2.09. The first-order valence-corrected chi connectivity index (χ1v) is 10.9. The van der Waals surface area contributed by atoms with Gasteiger partial charge < -0.3 is 5.32 Å². The van der Waals surface area contributed by atoms with E-state index in [9.17, 15) is 4.79 Å². The van der Waals surface area contributed by atoms with Gasteiger partial charge in [-0.3, -0.25) is 4.79 Å². The molecule has 1 amide bonds. The third-order valence-electron chi connectivity index (χ3n) is 3.84. The Bertz CT molecular complexity index is 589. The highest BCUT2D eigenvalue weighted by molar-refractivity contribution is 7.13. The standard InChI is InChI=1S/C22H33N3OS/c1-2-3-4-5-6-7-8-9-10-11-12-13-14-15-16-17-18-19-21(26)24-22-25-23-20-27-22/h6-7,9-10,12-13,15-16,20H,2-5,8,11,14,17-19H2,1H3,(H,24,25,26)/b7-6-,10-9-,13-12-,16-15-. The summed E-state index contributed by atoms with van der Waals surface area (Å²) in [7, 11) is 0. The lowest BCUT2D eigenvalue weighted by molar-refractivity contribution is -0.116. The molecule has 5 heteroatoms. The molecule has 1 aromatic heterocycles. The molecule has 0 spiro atoms. The number of unbranched alkanes of at least 4 members (excludes halogenated alkanes) is 4. The zero-order chi connectivity index (χ0) is 19.4. The van der Waals surface area contributed by atoms with E-state index in [0.29, 0.717) is 11.6 Å². The molecule has 1 N–H and O–H groups in total. The van der Waals surface area contributed by atoms with Crippen LogP contribution in [0.3, 0.4) is 0 Å². The molecule has 4 nitrogen and oxygen atoms in total. The largest absolute Gasteiger partial charge is 0.301 e. The SMILES string of the molecule is CCCCC/C=C\C/C=C\C/C=C\C/C=C\CCCC(=O)Nc1nncs1. The molecule has 0 unspecified atom stereocenters. The fraction of sp³-hybridized carbons (Fsp3) is 0.500. The third-order valence-corrected chi connectivity index (χ3v) is 4.45. The van der Waals surface area contributed by atoms with Gasteiger partial charge in [0.25, 0.3) is 0 Å². The molecule has 0 atom stereocenters. The molecule has 0 saturated heterocycles. The van der Waals surface area contributed by atoms with Crippen LogP contribution in [0.4, 0.5) is 5.13 Å². The second-order valence-electron chi connectivity index (χ2n) is 6.27. The van der Waals surface area contributed by atoms with Crippen molar-refractivity contribution in [3.8, 4) is 0 Å². The van der Waals surface area contributed by atoms with E-state index in [4.69, 9.17) is 0 Å². The van der Waals surface area contributed by atoms with Gasteiger partial charge in [-0.05, 0) is 44.9 Å². The molecular weight excluding hydrogens is 354 g/mol. The van der Waals surface area contributed by atoms with Crippen molar-refractivity contribution in [1.82, 2.24) is 10.2 Å². The van der Waals surface area contributed by atoms with Crippen molar-refractivity contribution in [3.63, 3.8) is 0 Å². The number of amides is 1. The van der Waals surface area contributed by atoms with Crippen LogP contribution in [0.25, 0.3) is 0 Å². The van der Waals surface area contributed by atoms with Gasteiger partial charge in [0.2, 0.25) is 11.0 Å². The Morgan fingerprint density at radius 2 is 1.52 bits per heavy atom. The summed E-state index contributed by atoms with van der Waals surface area (Å²) in [5.41, 5.74) is 1.61. The van der Waals surface area contributed by atoms with Crippen LogP contribution in [0.1, 0.15) is 71.1 Å². The Morgan fingerprint density at radius 1 is 0.926 bits per heavy atom. The van der Waals surface area contributed by atoms with Gasteiger partial charge in [0, 0.05) is 6.42 Å². The number of rotatable bonds is 15. The van der Waals surface area contributed by atoms with Gasteiger partial charge in [-0.25, -0.2) is 0 Å². The molecule has 0 saturated carbocycles. The maximum atomic E-state index is 11.7. The van der Waals surface area contributed by atoms with Crippen molar-refractivity contribution >= 4 is 22.4 Å². The third kappa shape index (κ3) is 14.8. The predicted octanol–water partition coefficient (Wildman–Crippen LogP) is 6.62.